The molecular formula is C22H33IN6O2S. The van der Waals surface area contributed by atoms with E-state index in [9.17, 15) is 9.90 Å². The molecule has 1 aliphatic rings. The molecule has 1 aliphatic heterocycles. The molecule has 32 heavy (non-hydrogen) atoms. The topological polar surface area (TPSA) is 93.1 Å². The number of aliphatic imine (C=N–C) groups is 1. The molecule has 176 valence electrons. The molecule has 0 bridgehead atoms. The van der Waals surface area contributed by atoms with E-state index in [0.717, 1.165) is 23.8 Å². The molecule has 1 amide bonds. The highest BCUT2D eigenvalue weighted by Gasteiger charge is 2.24. The van der Waals surface area contributed by atoms with Crippen LogP contribution in [0.15, 0.2) is 46.9 Å². The summed E-state index contributed by atoms with van der Waals surface area (Å²) in [7, 11) is 0. The van der Waals surface area contributed by atoms with Crippen molar-refractivity contribution in [3.05, 3.63) is 46.8 Å². The molecule has 0 saturated carbocycles. The third-order valence-corrected chi connectivity index (χ3v) is 6.30. The summed E-state index contributed by atoms with van der Waals surface area (Å²) in [6, 6.07) is 9.72. The number of carbonyl (C=O) groups is 1. The monoisotopic (exact) mass is 572 g/mol. The van der Waals surface area contributed by atoms with Gasteiger partial charge in [-0.05, 0) is 37.4 Å². The van der Waals surface area contributed by atoms with Gasteiger partial charge in [0.15, 0.2) is 5.96 Å². The van der Waals surface area contributed by atoms with Crippen molar-refractivity contribution in [1.82, 2.24) is 20.5 Å². The molecule has 0 radical (unpaired) electrons. The van der Waals surface area contributed by atoms with Crippen molar-refractivity contribution < 1.29 is 9.90 Å². The summed E-state index contributed by atoms with van der Waals surface area (Å²) in [6.45, 7) is 8.17. The second kappa shape index (κ2) is 12.9. The van der Waals surface area contributed by atoms with Gasteiger partial charge in [-0.25, -0.2) is 9.98 Å². The van der Waals surface area contributed by atoms with Crippen molar-refractivity contribution in [2.75, 3.05) is 50.7 Å². The van der Waals surface area contributed by atoms with Crippen LogP contribution in [0, 0.1) is 0 Å². The highest BCUT2D eigenvalue weighted by atomic mass is 127. The number of aromatic nitrogens is 1. The summed E-state index contributed by atoms with van der Waals surface area (Å²) >= 11 is 1.51. The number of piperazine rings is 1. The molecule has 1 unspecified atom stereocenters. The summed E-state index contributed by atoms with van der Waals surface area (Å²) in [5, 5.41) is 19.0. The van der Waals surface area contributed by atoms with Crippen molar-refractivity contribution >= 4 is 53.0 Å². The van der Waals surface area contributed by atoms with Crippen molar-refractivity contribution in [3.63, 3.8) is 0 Å². The smallest absolute Gasteiger partial charge is 0.224 e. The molecule has 2 aromatic rings. The maximum absolute atomic E-state index is 12.6. The summed E-state index contributed by atoms with van der Waals surface area (Å²) < 4.78 is 0. The van der Waals surface area contributed by atoms with Crippen LogP contribution in [0.1, 0.15) is 25.1 Å². The predicted molar refractivity (Wildman–Crippen MR) is 141 cm³/mol. The summed E-state index contributed by atoms with van der Waals surface area (Å²) in [5.41, 5.74) is -1.01. The van der Waals surface area contributed by atoms with Crippen molar-refractivity contribution in [3.8, 4) is 0 Å². The van der Waals surface area contributed by atoms with E-state index >= 15 is 0 Å². The lowest BCUT2D eigenvalue weighted by atomic mass is 10.1. The number of hydrogen-bond acceptors (Lipinski definition) is 6. The van der Waals surface area contributed by atoms with Gasteiger partial charge in [-0.2, -0.15) is 0 Å². The molecule has 3 heterocycles. The van der Waals surface area contributed by atoms with E-state index in [1.807, 2.05) is 47.5 Å². The van der Waals surface area contributed by atoms with E-state index in [1.54, 1.807) is 13.1 Å². The number of rotatable bonds is 8. The first-order valence-electron chi connectivity index (χ1n) is 10.7. The number of carbonyl (C=O) groups excluding carboxylic acids is 1. The zero-order chi connectivity index (χ0) is 22.1. The molecule has 1 saturated heterocycles. The fourth-order valence-electron chi connectivity index (χ4n) is 3.41. The summed E-state index contributed by atoms with van der Waals surface area (Å²) in [6.07, 6.45) is 2.19. The van der Waals surface area contributed by atoms with Crippen LogP contribution in [0.2, 0.25) is 0 Å². The Morgan fingerprint density at radius 2 is 2.00 bits per heavy atom. The molecule has 0 aliphatic carbocycles. The number of halogens is 1. The first kappa shape index (κ1) is 26.3. The van der Waals surface area contributed by atoms with Gasteiger partial charge in [0.2, 0.25) is 5.91 Å². The number of thiophene rings is 1. The van der Waals surface area contributed by atoms with Crippen molar-refractivity contribution in [2.45, 2.75) is 25.9 Å². The van der Waals surface area contributed by atoms with Gasteiger partial charge in [0.25, 0.3) is 0 Å². The Morgan fingerprint density at radius 1 is 1.22 bits per heavy atom. The number of aliphatic hydroxyl groups is 1. The Morgan fingerprint density at radius 3 is 2.62 bits per heavy atom. The van der Waals surface area contributed by atoms with Crippen LogP contribution in [0.25, 0.3) is 0 Å². The number of hydrogen-bond donors (Lipinski definition) is 3. The van der Waals surface area contributed by atoms with Gasteiger partial charge < -0.3 is 25.5 Å². The number of anilines is 1. The van der Waals surface area contributed by atoms with Crippen molar-refractivity contribution in [1.29, 1.82) is 0 Å². The predicted octanol–water partition coefficient (Wildman–Crippen LogP) is 2.26. The Balaban J connectivity index is 0.00000363. The minimum absolute atomic E-state index is 0. The lowest BCUT2D eigenvalue weighted by Crippen LogP contribution is -2.49. The van der Waals surface area contributed by atoms with Crippen LogP contribution >= 0.6 is 35.3 Å². The van der Waals surface area contributed by atoms with Gasteiger partial charge >= 0.3 is 0 Å². The lowest BCUT2D eigenvalue weighted by molar-refractivity contribution is -0.131. The summed E-state index contributed by atoms with van der Waals surface area (Å²) in [4.78, 5) is 26.5. The van der Waals surface area contributed by atoms with Crippen LogP contribution in [0.4, 0.5) is 5.82 Å². The van der Waals surface area contributed by atoms with Crippen LogP contribution in [0.3, 0.4) is 0 Å². The normalized spacial score (nSPS) is 16.2. The van der Waals surface area contributed by atoms with Gasteiger partial charge in [-0.15, -0.1) is 35.3 Å². The highest BCUT2D eigenvalue weighted by molar-refractivity contribution is 14.0. The van der Waals surface area contributed by atoms with E-state index in [2.05, 4.69) is 25.5 Å². The van der Waals surface area contributed by atoms with Gasteiger partial charge in [0, 0.05) is 56.8 Å². The average Bonchev–Trinajstić information content (AvgIpc) is 3.34. The number of nitrogens with zero attached hydrogens (tertiary/aromatic N) is 4. The quantitative estimate of drug-likeness (QED) is 0.256. The third-order valence-electron chi connectivity index (χ3n) is 5.18. The third kappa shape index (κ3) is 7.59. The molecule has 2 aromatic heterocycles. The zero-order valence-electron chi connectivity index (χ0n) is 18.7. The SMILES string of the molecule is CCNC(=NCC(C)(O)c1cccs1)NCCC(=O)N1CCN(c2ccccn2)CC1.I. The van der Waals surface area contributed by atoms with Crippen LogP contribution in [0.5, 0.6) is 0 Å². The number of pyridine rings is 1. The Labute approximate surface area is 211 Å². The van der Waals surface area contributed by atoms with Crippen LogP contribution in [-0.2, 0) is 10.4 Å². The number of guanidine groups is 1. The Bertz CT molecular complexity index is 839. The molecule has 1 atom stereocenters. The standard InChI is InChI=1S/C22H32N6O2S.HI/c1-3-23-21(26-17-22(2,30)18-7-6-16-31-18)25-11-9-20(29)28-14-12-27(13-15-28)19-8-4-5-10-24-19;/h4-8,10,16,30H,3,9,11-15,17H2,1-2H3,(H2,23,25,26);1H. The second-order valence-corrected chi connectivity index (χ2v) is 8.63. The number of amides is 1. The van der Waals surface area contributed by atoms with Gasteiger partial charge in [-0.1, -0.05) is 12.1 Å². The molecule has 10 heteroatoms. The molecule has 0 aromatic carbocycles. The first-order chi connectivity index (χ1) is 15.0. The Hall–Kier alpha value is -1.92. The van der Waals surface area contributed by atoms with Crippen LogP contribution < -0.4 is 15.5 Å². The number of nitrogens with one attached hydrogen (secondary N) is 2. The van der Waals surface area contributed by atoms with Gasteiger partial charge in [0.1, 0.15) is 11.4 Å². The van der Waals surface area contributed by atoms with E-state index in [-0.39, 0.29) is 36.4 Å². The average molecular weight is 573 g/mol. The van der Waals surface area contributed by atoms with Gasteiger partial charge in [0.05, 0.1) is 6.54 Å². The van der Waals surface area contributed by atoms with E-state index in [4.69, 9.17) is 0 Å². The molecule has 8 nitrogen and oxygen atoms in total. The minimum atomic E-state index is -1.01. The molecule has 0 spiro atoms. The Kier molecular flexibility index (Phi) is 10.7. The first-order valence-corrected chi connectivity index (χ1v) is 11.6. The maximum Gasteiger partial charge on any atom is 0.224 e. The van der Waals surface area contributed by atoms with Crippen LogP contribution in [-0.4, -0.2) is 72.7 Å². The largest absolute Gasteiger partial charge is 0.383 e. The minimum Gasteiger partial charge on any atom is -0.383 e. The van der Waals surface area contributed by atoms with E-state index < -0.39 is 5.60 Å². The highest BCUT2D eigenvalue weighted by Crippen LogP contribution is 2.25. The van der Waals surface area contributed by atoms with E-state index in [0.29, 0.717) is 38.6 Å². The molecule has 3 N–H and O–H groups in total. The summed E-state index contributed by atoms with van der Waals surface area (Å²) in [5.74, 6) is 1.70. The lowest BCUT2D eigenvalue weighted by Gasteiger charge is -2.35. The molecular weight excluding hydrogens is 539 g/mol. The maximum atomic E-state index is 12.6. The second-order valence-electron chi connectivity index (χ2n) is 7.68. The van der Waals surface area contributed by atoms with E-state index in [1.165, 1.54) is 11.3 Å². The van der Waals surface area contributed by atoms with Crippen molar-refractivity contribution in [2.24, 2.45) is 4.99 Å². The van der Waals surface area contributed by atoms with Gasteiger partial charge in [-0.3, -0.25) is 4.79 Å². The fraction of sp³-hybridized carbons (Fsp3) is 0.500. The molecule has 3 rings (SSSR count). The molecule has 1 fully saturated rings. The zero-order valence-corrected chi connectivity index (χ0v) is 21.8. The fourth-order valence-corrected chi connectivity index (χ4v) is 4.19.